The predicted octanol–water partition coefficient (Wildman–Crippen LogP) is 3.64. The lowest BCUT2D eigenvalue weighted by Gasteiger charge is -2.36. The summed E-state index contributed by atoms with van der Waals surface area (Å²) >= 11 is 0. The van der Waals surface area contributed by atoms with E-state index in [1.165, 1.54) is 17.8 Å². The van der Waals surface area contributed by atoms with Crippen molar-refractivity contribution in [2.45, 2.75) is 19.5 Å². The van der Waals surface area contributed by atoms with Gasteiger partial charge in [-0.2, -0.15) is 0 Å². The molecular formula is C24H25F2N5. The number of hydrogen-bond donors (Lipinski definition) is 0. The third-order valence-electron chi connectivity index (χ3n) is 6.09. The molecule has 5 nitrogen and oxygen atoms in total. The Hall–Kier alpha value is -3.06. The number of fused-ring (bicyclic) bond motifs is 1. The number of anilines is 2. The fourth-order valence-electron chi connectivity index (χ4n) is 4.35. The van der Waals surface area contributed by atoms with Crippen LogP contribution < -0.4 is 9.80 Å². The summed E-state index contributed by atoms with van der Waals surface area (Å²) in [5.74, 6) is -0.243. The molecule has 3 aromatic rings. The van der Waals surface area contributed by atoms with Gasteiger partial charge in [0.05, 0.1) is 5.69 Å². The maximum absolute atomic E-state index is 14.0. The van der Waals surface area contributed by atoms with Crippen LogP contribution in [-0.2, 0) is 19.5 Å². The molecule has 5 rings (SSSR count). The van der Waals surface area contributed by atoms with E-state index >= 15 is 0 Å². The molecule has 160 valence electrons. The number of aromatic nitrogens is 2. The Morgan fingerprint density at radius 3 is 2.42 bits per heavy atom. The van der Waals surface area contributed by atoms with Gasteiger partial charge in [0.2, 0.25) is 5.95 Å². The fraction of sp³-hybridized carbons (Fsp3) is 0.333. The molecule has 0 radical (unpaired) electrons. The largest absolute Gasteiger partial charge is 0.368 e. The Kier molecular flexibility index (Phi) is 5.51. The molecule has 0 unspecified atom stereocenters. The summed E-state index contributed by atoms with van der Waals surface area (Å²) in [6.07, 6.45) is 2.71. The molecular weight excluding hydrogens is 396 g/mol. The SMILES string of the molecule is Fc1ccc(CN2CCc3nc(N4CCN(c5ccccc5)CC4)ncc3C2)c(F)c1. The van der Waals surface area contributed by atoms with Gasteiger partial charge in [-0.05, 0) is 18.2 Å². The first kappa shape index (κ1) is 19.9. The molecule has 2 aromatic carbocycles. The van der Waals surface area contributed by atoms with Gasteiger partial charge in [0.25, 0.3) is 0 Å². The van der Waals surface area contributed by atoms with Gasteiger partial charge < -0.3 is 9.80 Å². The Labute approximate surface area is 181 Å². The minimum atomic E-state index is -0.546. The fourth-order valence-corrected chi connectivity index (χ4v) is 4.35. The van der Waals surface area contributed by atoms with E-state index in [0.717, 1.165) is 62.4 Å². The van der Waals surface area contributed by atoms with Gasteiger partial charge >= 0.3 is 0 Å². The topological polar surface area (TPSA) is 35.5 Å². The molecule has 0 N–H and O–H groups in total. The molecule has 0 aliphatic carbocycles. The highest BCUT2D eigenvalue weighted by Crippen LogP contribution is 2.23. The maximum atomic E-state index is 14.0. The van der Waals surface area contributed by atoms with Crippen LogP contribution in [0.1, 0.15) is 16.8 Å². The van der Waals surface area contributed by atoms with E-state index in [-0.39, 0.29) is 0 Å². The number of halogens is 2. The number of nitrogens with zero attached hydrogens (tertiary/aromatic N) is 5. The molecule has 7 heteroatoms. The summed E-state index contributed by atoms with van der Waals surface area (Å²) in [6, 6.07) is 14.3. The van der Waals surface area contributed by atoms with Crippen molar-refractivity contribution in [3.8, 4) is 0 Å². The summed E-state index contributed by atoms with van der Waals surface area (Å²) in [5.41, 5.74) is 3.93. The van der Waals surface area contributed by atoms with Crippen LogP contribution in [0, 0.1) is 11.6 Å². The van der Waals surface area contributed by atoms with E-state index in [9.17, 15) is 8.78 Å². The third kappa shape index (κ3) is 4.37. The zero-order valence-corrected chi connectivity index (χ0v) is 17.3. The molecule has 2 aliphatic heterocycles. The van der Waals surface area contributed by atoms with E-state index in [4.69, 9.17) is 4.98 Å². The summed E-state index contributed by atoms with van der Waals surface area (Å²) in [5, 5.41) is 0. The average molecular weight is 421 g/mol. The van der Waals surface area contributed by atoms with Gasteiger partial charge in [0.15, 0.2) is 0 Å². The summed E-state index contributed by atoms with van der Waals surface area (Å²) < 4.78 is 27.1. The zero-order valence-electron chi connectivity index (χ0n) is 17.3. The number of rotatable bonds is 4. The van der Waals surface area contributed by atoms with Crippen LogP contribution in [0.2, 0.25) is 0 Å². The highest BCUT2D eigenvalue weighted by molar-refractivity contribution is 5.48. The average Bonchev–Trinajstić information content (AvgIpc) is 2.81. The maximum Gasteiger partial charge on any atom is 0.225 e. The molecule has 0 spiro atoms. The van der Waals surface area contributed by atoms with E-state index < -0.39 is 11.6 Å². The second-order valence-electron chi connectivity index (χ2n) is 8.15. The van der Waals surface area contributed by atoms with Crippen LogP contribution >= 0.6 is 0 Å². The van der Waals surface area contributed by atoms with Crippen molar-refractivity contribution in [1.82, 2.24) is 14.9 Å². The van der Waals surface area contributed by atoms with Gasteiger partial charge in [-0.1, -0.05) is 24.3 Å². The second-order valence-corrected chi connectivity index (χ2v) is 8.15. The molecule has 31 heavy (non-hydrogen) atoms. The van der Waals surface area contributed by atoms with Gasteiger partial charge in [-0.15, -0.1) is 0 Å². The molecule has 0 amide bonds. The molecule has 1 saturated heterocycles. The van der Waals surface area contributed by atoms with Crippen molar-refractivity contribution in [3.63, 3.8) is 0 Å². The first-order valence-electron chi connectivity index (χ1n) is 10.7. The van der Waals surface area contributed by atoms with Gasteiger partial charge in [0, 0.05) is 81.3 Å². The van der Waals surface area contributed by atoms with Crippen LogP contribution in [0.5, 0.6) is 0 Å². The van der Waals surface area contributed by atoms with E-state index in [1.54, 1.807) is 0 Å². The van der Waals surface area contributed by atoms with E-state index in [1.807, 2.05) is 12.3 Å². The van der Waals surface area contributed by atoms with Crippen molar-refractivity contribution in [1.29, 1.82) is 0 Å². The monoisotopic (exact) mass is 421 g/mol. The third-order valence-corrected chi connectivity index (χ3v) is 6.09. The molecule has 0 atom stereocenters. The predicted molar refractivity (Wildman–Crippen MR) is 117 cm³/mol. The Balaban J connectivity index is 1.22. The van der Waals surface area contributed by atoms with Crippen LogP contribution in [0.15, 0.2) is 54.7 Å². The van der Waals surface area contributed by atoms with E-state index in [2.05, 4.69) is 43.9 Å². The number of benzene rings is 2. The Bertz CT molecular complexity index is 1050. The van der Waals surface area contributed by atoms with Crippen molar-refractivity contribution < 1.29 is 8.78 Å². The Morgan fingerprint density at radius 1 is 0.871 bits per heavy atom. The summed E-state index contributed by atoms with van der Waals surface area (Å²) in [6.45, 7) is 5.60. The van der Waals surface area contributed by atoms with Crippen LogP contribution in [0.4, 0.5) is 20.4 Å². The van der Waals surface area contributed by atoms with Crippen molar-refractivity contribution >= 4 is 11.6 Å². The second kappa shape index (κ2) is 8.59. The number of piperazine rings is 1. The lowest BCUT2D eigenvalue weighted by Crippen LogP contribution is -2.47. The van der Waals surface area contributed by atoms with Gasteiger partial charge in [0.1, 0.15) is 11.6 Å². The number of hydrogen-bond acceptors (Lipinski definition) is 5. The van der Waals surface area contributed by atoms with Crippen molar-refractivity contribution in [2.24, 2.45) is 0 Å². The highest BCUT2D eigenvalue weighted by atomic mass is 19.1. The lowest BCUT2D eigenvalue weighted by molar-refractivity contribution is 0.239. The lowest BCUT2D eigenvalue weighted by atomic mass is 10.1. The Morgan fingerprint density at radius 2 is 1.65 bits per heavy atom. The molecule has 1 aromatic heterocycles. The minimum absolute atomic E-state index is 0.453. The quantitative estimate of drug-likeness (QED) is 0.643. The smallest absolute Gasteiger partial charge is 0.225 e. The minimum Gasteiger partial charge on any atom is -0.368 e. The zero-order chi connectivity index (χ0) is 21.2. The van der Waals surface area contributed by atoms with Crippen LogP contribution in [0.3, 0.4) is 0 Å². The van der Waals surface area contributed by atoms with E-state index in [0.29, 0.717) is 18.7 Å². The summed E-state index contributed by atoms with van der Waals surface area (Å²) in [4.78, 5) is 16.3. The molecule has 3 heterocycles. The van der Waals surface area contributed by atoms with Gasteiger partial charge in [-0.3, -0.25) is 4.90 Å². The molecule has 0 saturated carbocycles. The van der Waals surface area contributed by atoms with Crippen molar-refractivity contribution in [3.05, 3.63) is 83.2 Å². The first-order chi connectivity index (χ1) is 15.2. The standard InChI is InChI=1S/C24H25F2N5/c25-20-7-6-18(22(26)14-20)16-29-9-8-23-19(17-29)15-27-24(28-23)31-12-10-30(11-13-31)21-4-2-1-3-5-21/h1-7,14-15H,8-13,16-17H2. The number of para-hydroxylation sites is 1. The molecule has 2 aliphatic rings. The van der Waals surface area contributed by atoms with Crippen molar-refractivity contribution in [2.75, 3.05) is 42.5 Å². The molecule has 0 bridgehead atoms. The highest BCUT2D eigenvalue weighted by Gasteiger charge is 2.23. The normalized spacial score (nSPS) is 17.0. The first-order valence-corrected chi connectivity index (χ1v) is 10.7. The van der Waals surface area contributed by atoms with Gasteiger partial charge in [-0.25, -0.2) is 18.7 Å². The molecule has 1 fully saturated rings. The van der Waals surface area contributed by atoms with Crippen LogP contribution in [-0.4, -0.2) is 47.6 Å². The summed E-state index contributed by atoms with van der Waals surface area (Å²) in [7, 11) is 0. The van der Waals surface area contributed by atoms with Crippen LogP contribution in [0.25, 0.3) is 0 Å².